The van der Waals surface area contributed by atoms with E-state index in [0.29, 0.717) is 0 Å². The number of nitrogen functional groups attached to an aromatic ring is 1. The number of rotatable bonds is 5. The number of aliphatic hydroxyl groups is 2. The van der Waals surface area contributed by atoms with Crippen molar-refractivity contribution in [3.63, 3.8) is 0 Å². The molecule has 0 fully saturated rings. The molecule has 1 aromatic heterocycles. The van der Waals surface area contributed by atoms with E-state index >= 15 is 0 Å². The maximum absolute atomic E-state index is 11.2. The van der Waals surface area contributed by atoms with Crippen molar-refractivity contribution in [3.8, 4) is 0 Å². The Labute approximate surface area is 85.7 Å². The number of nitrogens with zero attached hydrogens (tertiary/aromatic N) is 2. The molecular formula is C8H13N3O4. The van der Waals surface area contributed by atoms with Gasteiger partial charge in [-0.1, -0.05) is 0 Å². The molecule has 0 bridgehead atoms. The summed E-state index contributed by atoms with van der Waals surface area (Å²) in [4.78, 5) is 14.6. The third kappa shape index (κ3) is 3.66. The first-order valence-corrected chi connectivity index (χ1v) is 4.37. The summed E-state index contributed by atoms with van der Waals surface area (Å²) in [6.45, 7) is -0.316. The van der Waals surface area contributed by atoms with Crippen molar-refractivity contribution in [2.75, 3.05) is 12.3 Å². The molecule has 1 aromatic rings. The number of hydrogen-bond acceptors (Lipinski definition) is 6. The fourth-order valence-electron chi connectivity index (χ4n) is 0.900. The normalized spacial score (nSPS) is 12.7. The minimum Gasteiger partial charge on any atom is -0.396 e. The Morgan fingerprint density at radius 2 is 2.40 bits per heavy atom. The summed E-state index contributed by atoms with van der Waals surface area (Å²) in [7, 11) is 0. The molecule has 15 heavy (non-hydrogen) atoms. The van der Waals surface area contributed by atoms with Gasteiger partial charge in [0.1, 0.15) is 12.5 Å². The summed E-state index contributed by atoms with van der Waals surface area (Å²) in [6.07, 6.45) is 0.410. The van der Waals surface area contributed by atoms with Gasteiger partial charge in [-0.15, -0.1) is 0 Å². The molecule has 4 N–H and O–H groups in total. The van der Waals surface area contributed by atoms with Crippen LogP contribution in [0.3, 0.4) is 0 Å². The van der Waals surface area contributed by atoms with Crippen LogP contribution < -0.4 is 11.4 Å². The van der Waals surface area contributed by atoms with Gasteiger partial charge >= 0.3 is 5.69 Å². The van der Waals surface area contributed by atoms with Crippen LogP contribution in [0.2, 0.25) is 0 Å². The highest BCUT2D eigenvalue weighted by atomic mass is 16.6. The van der Waals surface area contributed by atoms with Gasteiger partial charge < -0.3 is 20.7 Å². The topological polar surface area (TPSA) is 111 Å². The Morgan fingerprint density at radius 3 is 3.00 bits per heavy atom. The molecule has 1 unspecified atom stereocenters. The Morgan fingerprint density at radius 1 is 1.67 bits per heavy atom. The van der Waals surface area contributed by atoms with Crippen LogP contribution in [0.25, 0.3) is 0 Å². The van der Waals surface area contributed by atoms with Gasteiger partial charge in [-0.3, -0.25) is 4.57 Å². The number of aromatic nitrogens is 2. The molecule has 0 saturated heterocycles. The van der Waals surface area contributed by atoms with Crippen molar-refractivity contribution < 1.29 is 14.9 Å². The van der Waals surface area contributed by atoms with E-state index in [2.05, 4.69) is 4.98 Å². The first kappa shape index (κ1) is 11.6. The second-order valence-corrected chi connectivity index (χ2v) is 2.87. The fourth-order valence-corrected chi connectivity index (χ4v) is 0.900. The van der Waals surface area contributed by atoms with E-state index in [0.717, 1.165) is 4.57 Å². The molecule has 1 rings (SSSR count). The van der Waals surface area contributed by atoms with Gasteiger partial charge in [0.25, 0.3) is 0 Å². The quantitative estimate of drug-likeness (QED) is 0.515. The third-order valence-corrected chi connectivity index (χ3v) is 1.68. The Hall–Kier alpha value is -1.44. The SMILES string of the molecule is Nc1ccn(COC(O)CCO)c(=O)n1. The van der Waals surface area contributed by atoms with Crippen LogP contribution in [-0.4, -0.2) is 32.7 Å². The molecule has 0 amide bonds. The van der Waals surface area contributed by atoms with Crippen LogP contribution >= 0.6 is 0 Å². The van der Waals surface area contributed by atoms with Crippen molar-refractivity contribution in [1.82, 2.24) is 9.55 Å². The monoisotopic (exact) mass is 215 g/mol. The second kappa shape index (κ2) is 5.44. The number of ether oxygens (including phenoxy) is 1. The Kier molecular flexibility index (Phi) is 4.22. The summed E-state index contributed by atoms with van der Waals surface area (Å²) in [5.41, 5.74) is 4.73. The lowest BCUT2D eigenvalue weighted by atomic mass is 10.4. The van der Waals surface area contributed by atoms with Gasteiger partial charge in [0, 0.05) is 19.2 Å². The molecule has 0 radical (unpaired) electrons. The zero-order valence-corrected chi connectivity index (χ0v) is 8.04. The summed E-state index contributed by atoms with van der Waals surface area (Å²) in [5, 5.41) is 17.6. The molecule has 0 spiro atoms. The lowest BCUT2D eigenvalue weighted by molar-refractivity contribution is -0.134. The van der Waals surface area contributed by atoms with Gasteiger partial charge in [-0.05, 0) is 6.07 Å². The van der Waals surface area contributed by atoms with Crippen molar-refractivity contribution in [2.45, 2.75) is 19.4 Å². The zero-order chi connectivity index (χ0) is 11.3. The summed E-state index contributed by atoms with van der Waals surface area (Å²) in [5.74, 6) is 0.132. The minimum atomic E-state index is -1.10. The fraction of sp³-hybridized carbons (Fsp3) is 0.500. The highest BCUT2D eigenvalue weighted by molar-refractivity contribution is 5.23. The molecule has 7 heteroatoms. The first-order valence-electron chi connectivity index (χ1n) is 4.37. The standard InChI is InChI=1S/C8H13N3O4/c9-6-1-3-11(8(14)10-6)5-15-7(13)2-4-12/h1,3,7,12-13H,2,4-5H2,(H2,9,10,14). The molecular weight excluding hydrogens is 202 g/mol. The largest absolute Gasteiger partial charge is 0.396 e. The van der Waals surface area contributed by atoms with Gasteiger partial charge in [0.2, 0.25) is 0 Å². The molecule has 0 saturated carbocycles. The highest BCUT2D eigenvalue weighted by Crippen LogP contribution is 1.95. The minimum absolute atomic E-state index is 0.0944. The van der Waals surface area contributed by atoms with Crippen molar-refractivity contribution in [3.05, 3.63) is 22.7 Å². The molecule has 1 heterocycles. The van der Waals surface area contributed by atoms with Crippen LogP contribution in [0.15, 0.2) is 17.1 Å². The van der Waals surface area contributed by atoms with Gasteiger partial charge in [0.15, 0.2) is 6.29 Å². The maximum Gasteiger partial charge on any atom is 0.351 e. The van der Waals surface area contributed by atoms with E-state index in [-0.39, 0.29) is 25.6 Å². The van der Waals surface area contributed by atoms with E-state index in [9.17, 15) is 4.79 Å². The van der Waals surface area contributed by atoms with Crippen molar-refractivity contribution in [1.29, 1.82) is 0 Å². The number of anilines is 1. The highest BCUT2D eigenvalue weighted by Gasteiger charge is 2.04. The van der Waals surface area contributed by atoms with Crippen LogP contribution in [0, 0.1) is 0 Å². The van der Waals surface area contributed by atoms with Gasteiger partial charge in [0.05, 0.1) is 0 Å². The number of nitrogens with two attached hydrogens (primary N) is 1. The van der Waals surface area contributed by atoms with Crippen molar-refractivity contribution >= 4 is 5.82 Å². The van der Waals surface area contributed by atoms with E-state index in [1.54, 1.807) is 0 Å². The second-order valence-electron chi connectivity index (χ2n) is 2.87. The molecule has 0 aliphatic carbocycles. The Balaban J connectivity index is 2.54. The maximum atomic E-state index is 11.2. The van der Waals surface area contributed by atoms with E-state index in [1.807, 2.05) is 0 Å². The first-order chi connectivity index (χ1) is 7.13. The van der Waals surface area contributed by atoms with Gasteiger partial charge in [-0.2, -0.15) is 4.98 Å². The molecule has 0 aliphatic heterocycles. The van der Waals surface area contributed by atoms with Crippen LogP contribution in [-0.2, 0) is 11.5 Å². The van der Waals surface area contributed by atoms with E-state index in [1.165, 1.54) is 12.3 Å². The van der Waals surface area contributed by atoms with E-state index < -0.39 is 12.0 Å². The summed E-state index contributed by atoms with van der Waals surface area (Å²) >= 11 is 0. The van der Waals surface area contributed by atoms with Crippen LogP contribution in [0.1, 0.15) is 6.42 Å². The predicted octanol–water partition coefficient (Wildman–Crippen LogP) is -1.50. The van der Waals surface area contributed by atoms with Gasteiger partial charge in [-0.25, -0.2) is 4.79 Å². The van der Waals surface area contributed by atoms with Crippen LogP contribution in [0.4, 0.5) is 5.82 Å². The molecule has 84 valence electrons. The molecule has 7 nitrogen and oxygen atoms in total. The predicted molar refractivity (Wildman–Crippen MR) is 51.7 cm³/mol. The Bertz CT molecular complexity index is 365. The molecule has 0 aliphatic rings. The van der Waals surface area contributed by atoms with E-state index in [4.69, 9.17) is 20.7 Å². The average Bonchev–Trinajstić information content (AvgIpc) is 2.17. The lowest BCUT2D eigenvalue weighted by Gasteiger charge is -2.11. The lowest BCUT2D eigenvalue weighted by Crippen LogP contribution is -2.26. The van der Waals surface area contributed by atoms with Crippen molar-refractivity contribution in [2.24, 2.45) is 0 Å². The molecule has 1 atom stereocenters. The molecule has 0 aromatic carbocycles. The van der Waals surface area contributed by atoms with Crippen LogP contribution in [0.5, 0.6) is 0 Å². The number of aliphatic hydroxyl groups excluding tert-OH is 2. The summed E-state index contributed by atoms with van der Waals surface area (Å²) in [6, 6.07) is 1.45. The average molecular weight is 215 g/mol. The summed E-state index contributed by atoms with van der Waals surface area (Å²) < 4.78 is 6.02. The number of hydrogen-bond donors (Lipinski definition) is 3. The third-order valence-electron chi connectivity index (χ3n) is 1.68. The zero-order valence-electron chi connectivity index (χ0n) is 8.04. The smallest absolute Gasteiger partial charge is 0.351 e.